The van der Waals surface area contributed by atoms with Gasteiger partial charge in [0.15, 0.2) is 0 Å². The van der Waals surface area contributed by atoms with Crippen LogP contribution in [0, 0.1) is 5.92 Å². The van der Waals surface area contributed by atoms with Crippen molar-refractivity contribution in [3.63, 3.8) is 0 Å². The first-order chi connectivity index (χ1) is 5.97. The zero-order valence-electron chi connectivity index (χ0n) is 8.59. The quantitative estimate of drug-likeness (QED) is 0.659. The Hall–Kier alpha value is -1.06. The molecule has 4 nitrogen and oxygen atoms in total. The summed E-state index contributed by atoms with van der Waals surface area (Å²) < 4.78 is 4.56. The van der Waals surface area contributed by atoms with Gasteiger partial charge in [0, 0.05) is 6.92 Å². The topological polar surface area (TPSA) is 55.4 Å². The van der Waals surface area contributed by atoms with Crippen molar-refractivity contribution >= 4 is 11.9 Å². The standard InChI is InChI=1S/C9H17NO3/c1-6(2)5-8(9(12)13-4)10-7(3)11/h6,8H,5H2,1-4H3,(H,10,11)/t8-/m1/s1. The number of hydrogen-bond donors (Lipinski definition) is 1. The molecule has 0 saturated carbocycles. The Bertz CT molecular complexity index is 189. The number of hydrogen-bond acceptors (Lipinski definition) is 3. The van der Waals surface area contributed by atoms with Gasteiger partial charge in [0.05, 0.1) is 7.11 Å². The van der Waals surface area contributed by atoms with Gasteiger partial charge in [0.2, 0.25) is 5.91 Å². The lowest BCUT2D eigenvalue weighted by atomic mass is 10.0. The first-order valence-corrected chi connectivity index (χ1v) is 4.32. The third kappa shape index (κ3) is 5.22. The summed E-state index contributed by atoms with van der Waals surface area (Å²) in [6, 6.07) is -0.512. The normalized spacial score (nSPS) is 12.4. The first-order valence-electron chi connectivity index (χ1n) is 4.32. The number of esters is 1. The van der Waals surface area contributed by atoms with Crippen LogP contribution in [0.5, 0.6) is 0 Å². The van der Waals surface area contributed by atoms with Gasteiger partial charge < -0.3 is 10.1 Å². The first kappa shape index (κ1) is 11.9. The van der Waals surface area contributed by atoms with Crippen LogP contribution in [0.3, 0.4) is 0 Å². The Balaban J connectivity index is 4.18. The second-order valence-corrected chi connectivity index (χ2v) is 3.41. The molecule has 0 aromatic rings. The molecule has 0 aromatic carbocycles. The van der Waals surface area contributed by atoms with Gasteiger partial charge in [-0.3, -0.25) is 4.79 Å². The van der Waals surface area contributed by atoms with Crippen LogP contribution < -0.4 is 5.32 Å². The molecule has 0 aliphatic heterocycles. The summed E-state index contributed by atoms with van der Waals surface area (Å²) in [4.78, 5) is 21.9. The van der Waals surface area contributed by atoms with Crippen molar-refractivity contribution < 1.29 is 14.3 Å². The largest absolute Gasteiger partial charge is 0.467 e. The molecule has 0 aromatic heterocycles. The van der Waals surface area contributed by atoms with E-state index >= 15 is 0 Å². The molecule has 0 radical (unpaired) electrons. The van der Waals surface area contributed by atoms with Crippen molar-refractivity contribution in [2.24, 2.45) is 5.92 Å². The highest BCUT2D eigenvalue weighted by Crippen LogP contribution is 2.05. The number of carbonyl (C=O) groups excluding carboxylic acids is 2. The second kappa shape index (κ2) is 5.56. The molecule has 1 amide bonds. The minimum atomic E-state index is -0.512. The number of rotatable bonds is 4. The van der Waals surface area contributed by atoms with Gasteiger partial charge in [0.1, 0.15) is 6.04 Å². The molecule has 0 aliphatic carbocycles. The molecule has 4 heteroatoms. The summed E-state index contributed by atoms with van der Waals surface area (Å²) in [6.07, 6.45) is 0.603. The van der Waals surface area contributed by atoms with Crippen LogP contribution in [0.1, 0.15) is 27.2 Å². The van der Waals surface area contributed by atoms with E-state index < -0.39 is 6.04 Å². The fraction of sp³-hybridized carbons (Fsp3) is 0.778. The zero-order chi connectivity index (χ0) is 10.4. The monoisotopic (exact) mass is 187 g/mol. The molecule has 1 atom stereocenters. The Labute approximate surface area is 78.6 Å². The summed E-state index contributed by atoms with van der Waals surface area (Å²) in [5.74, 6) is -0.254. The fourth-order valence-electron chi connectivity index (χ4n) is 1.07. The van der Waals surface area contributed by atoms with Crippen LogP contribution in [0.15, 0.2) is 0 Å². The van der Waals surface area contributed by atoms with E-state index in [0.717, 1.165) is 0 Å². The van der Waals surface area contributed by atoms with Crippen LogP contribution in [0.4, 0.5) is 0 Å². The predicted octanol–water partition coefficient (Wildman–Crippen LogP) is 0.710. The SMILES string of the molecule is COC(=O)[C@@H](CC(C)C)NC(C)=O. The lowest BCUT2D eigenvalue weighted by molar-refractivity contribution is -0.145. The molecule has 0 rings (SSSR count). The maximum atomic E-state index is 11.1. The molecule has 0 saturated heterocycles. The molecule has 76 valence electrons. The lowest BCUT2D eigenvalue weighted by Crippen LogP contribution is -2.41. The van der Waals surface area contributed by atoms with E-state index in [2.05, 4.69) is 10.1 Å². The van der Waals surface area contributed by atoms with Crippen molar-refractivity contribution in [3.8, 4) is 0 Å². The van der Waals surface area contributed by atoms with Gasteiger partial charge in [-0.2, -0.15) is 0 Å². The molecule has 13 heavy (non-hydrogen) atoms. The van der Waals surface area contributed by atoms with E-state index in [4.69, 9.17) is 0 Å². The summed E-state index contributed by atoms with van der Waals surface area (Å²) in [7, 11) is 1.32. The molecule has 0 spiro atoms. The van der Waals surface area contributed by atoms with Gasteiger partial charge >= 0.3 is 5.97 Å². The fourth-order valence-corrected chi connectivity index (χ4v) is 1.07. The smallest absolute Gasteiger partial charge is 0.328 e. The lowest BCUT2D eigenvalue weighted by Gasteiger charge is -2.16. The van der Waals surface area contributed by atoms with Crippen LogP contribution >= 0.6 is 0 Å². The van der Waals surface area contributed by atoms with Crippen molar-refractivity contribution in [1.29, 1.82) is 0 Å². The minimum absolute atomic E-state index is 0.212. The average Bonchev–Trinajstić information content (AvgIpc) is 2.00. The predicted molar refractivity (Wildman–Crippen MR) is 49.1 cm³/mol. The summed E-state index contributed by atoms with van der Waals surface area (Å²) in [6.45, 7) is 5.35. The van der Waals surface area contributed by atoms with E-state index in [1.807, 2.05) is 13.8 Å². The highest BCUT2D eigenvalue weighted by Gasteiger charge is 2.20. The van der Waals surface area contributed by atoms with Crippen LogP contribution in [-0.2, 0) is 14.3 Å². The number of nitrogens with one attached hydrogen (secondary N) is 1. The van der Waals surface area contributed by atoms with Crippen molar-refractivity contribution in [2.45, 2.75) is 33.2 Å². The van der Waals surface area contributed by atoms with Gasteiger partial charge in [-0.05, 0) is 12.3 Å². The molecule has 0 unspecified atom stereocenters. The van der Waals surface area contributed by atoms with E-state index in [0.29, 0.717) is 12.3 Å². The van der Waals surface area contributed by atoms with Gasteiger partial charge in [-0.15, -0.1) is 0 Å². The molecule has 0 bridgehead atoms. The van der Waals surface area contributed by atoms with Gasteiger partial charge in [-0.1, -0.05) is 13.8 Å². The van der Waals surface area contributed by atoms with Crippen molar-refractivity contribution in [3.05, 3.63) is 0 Å². The Morgan fingerprint density at radius 1 is 1.38 bits per heavy atom. The van der Waals surface area contributed by atoms with E-state index in [1.54, 1.807) is 0 Å². The average molecular weight is 187 g/mol. The van der Waals surface area contributed by atoms with Crippen LogP contribution in [0.25, 0.3) is 0 Å². The maximum absolute atomic E-state index is 11.1. The number of carbonyl (C=O) groups is 2. The highest BCUT2D eigenvalue weighted by molar-refractivity contribution is 5.83. The summed E-state index contributed by atoms with van der Waals surface area (Å²) in [5.41, 5.74) is 0. The van der Waals surface area contributed by atoms with E-state index in [-0.39, 0.29) is 11.9 Å². The number of ether oxygens (including phenoxy) is 1. The number of amides is 1. The molecule has 1 N–H and O–H groups in total. The highest BCUT2D eigenvalue weighted by atomic mass is 16.5. The molecular weight excluding hydrogens is 170 g/mol. The molecule has 0 fully saturated rings. The Morgan fingerprint density at radius 2 is 1.92 bits per heavy atom. The van der Waals surface area contributed by atoms with Crippen molar-refractivity contribution in [1.82, 2.24) is 5.32 Å². The number of methoxy groups -OCH3 is 1. The Morgan fingerprint density at radius 3 is 2.23 bits per heavy atom. The molecule has 0 heterocycles. The van der Waals surface area contributed by atoms with Gasteiger partial charge in [0.25, 0.3) is 0 Å². The maximum Gasteiger partial charge on any atom is 0.328 e. The molecular formula is C9H17NO3. The minimum Gasteiger partial charge on any atom is -0.467 e. The third-order valence-corrected chi connectivity index (χ3v) is 1.57. The third-order valence-electron chi connectivity index (χ3n) is 1.57. The van der Waals surface area contributed by atoms with E-state index in [1.165, 1.54) is 14.0 Å². The van der Waals surface area contributed by atoms with Crippen molar-refractivity contribution in [2.75, 3.05) is 7.11 Å². The molecule has 0 aliphatic rings. The van der Waals surface area contributed by atoms with Gasteiger partial charge in [-0.25, -0.2) is 4.79 Å². The summed E-state index contributed by atoms with van der Waals surface area (Å²) in [5, 5.41) is 2.55. The Kier molecular flexibility index (Phi) is 5.11. The zero-order valence-corrected chi connectivity index (χ0v) is 8.59. The van der Waals surface area contributed by atoms with Crippen LogP contribution in [-0.4, -0.2) is 25.0 Å². The summed E-state index contributed by atoms with van der Waals surface area (Å²) >= 11 is 0. The van der Waals surface area contributed by atoms with E-state index in [9.17, 15) is 9.59 Å². The van der Waals surface area contributed by atoms with Crippen LogP contribution in [0.2, 0.25) is 0 Å². The second-order valence-electron chi connectivity index (χ2n) is 3.41.